The van der Waals surface area contributed by atoms with Gasteiger partial charge in [-0.1, -0.05) is 6.07 Å². The number of alkyl halides is 3. The van der Waals surface area contributed by atoms with Crippen LogP contribution in [-0.4, -0.2) is 6.36 Å². The molecule has 0 aliphatic heterocycles. The van der Waals surface area contributed by atoms with Gasteiger partial charge in [-0.15, -0.1) is 13.2 Å². The molecule has 0 saturated carbocycles. The van der Waals surface area contributed by atoms with E-state index in [0.717, 1.165) is 25.1 Å². The van der Waals surface area contributed by atoms with E-state index in [0.29, 0.717) is 12.1 Å². The molecule has 0 amide bonds. The molecule has 0 fully saturated rings. The molecule has 4 aromatic rings. The number of rotatable bonds is 3. The predicted molar refractivity (Wildman–Crippen MR) is 143 cm³/mol. The number of hydrogen-bond acceptors (Lipinski definition) is 3. The fourth-order valence-corrected chi connectivity index (χ4v) is 5.28. The second-order valence-corrected chi connectivity index (χ2v) is 9.81. The first-order valence-electron chi connectivity index (χ1n) is 12.6. The maximum Gasteiger partial charge on any atom is 0.573 e. The van der Waals surface area contributed by atoms with Crippen LogP contribution in [0.25, 0.3) is 48.6 Å². The highest BCUT2D eigenvalue weighted by molar-refractivity contribution is 6.06. The van der Waals surface area contributed by atoms with Crippen molar-refractivity contribution >= 4 is 11.3 Å². The molecule has 0 N–H and O–H groups in total. The lowest BCUT2D eigenvalue weighted by Crippen LogP contribution is -2.18. The number of nitrogens with zero attached hydrogens (tertiary/aromatic N) is 4. The number of benzene rings is 4. The normalized spacial score (nSPS) is 12.8. The third kappa shape index (κ3) is 4.83. The molecular weight excluding hydrogens is 665 g/mol. The van der Waals surface area contributed by atoms with Crippen molar-refractivity contribution in [1.29, 1.82) is 10.5 Å². The summed E-state index contributed by atoms with van der Waals surface area (Å²) in [7, 11) is 0. The van der Waals surface area contributed by atoms with Crippen molar-refractivity contribution in [3.8, 4) is 51.3 Å². The highest BCUT2D eigenvalue weighted by Gasteiger charge is 2.38. The van der Waals surface area contributed by atoms with Gasteiger partial charge in [-0.3, -0.25) is 0 Å². The van der Waals surface area contributed by atoms with Gasteiger partial charge >= 0.3 is 6.36 Å². The summed E-state index contributed by atoms with van der Waals surface area (Å²) >= 11 is 0. The van der Waals surface area contributed by atoms with Gasteiger partial charge in [0, 0.05) is 11.1 Å². The van der Waals surface area contributed by atoms with E-state index < -0.39 is 115 Å². The van der Waals surface area contributed by atoms with E-state index in [1.165, 1.54) is 6.07 Å². The minimum absolute atomic E-state index is 0.186. The molecule has 1 aliphatic rings. The highest BCUT2D eigenvalue weighted by Crippen LogP contribution is 2.53. The first-order chi connectivity index (χ1) is 22.5. The van der Waals surface area contributed by atoms with Crippen molar-refractivity contribution in [2.24, 2.45) is 0 Å². The van der Waals surface area contributed by atoms with Crippen molar-refractivity contribution in [3.05, 3.63) is 122 Å². The molecular formula is C32H7F11N4O. The summed E-state index contributed by atoms with van der Waals surface area (Å²) < 4.78 is 164. The van der Waals surface area contributed by atoms with Crippen LogP contribution in [-0.2, 0) is 0 Å². The number of nitriles is 2. The number of ether oxygens (including phenoxy) is 1. The molecule has 5 rings (SSSR count). The van der Waals surface area contributed by atoms with E-state index in [9.17, 15) is 36.0 Å². The molecule has 4 aromatic carbocycles. The largest absolute Gasteiger partial charge is 0.573 e. The van der Waals surface area contributed by atoms with Crippen LogP contribution < -0.4 is 4.74 Å². The maximum absolute atomic E-state index is 15.2. The second-order valence-electron chi connectivity index (χ2n) is 9.81. The monoisotopic (exact) mass is 672 g/mol. The highest BCUT2D eigenvalue weighted by atomic mass is 19.4. The summed E-state index contributed by atoms with van der Waals surface area (Å²) in [6.07, 6.45) is -5.61. The average Bonchev–Trinajstić information content (AvgIpc) is 3.31. The Morgan fingerprint density at radius 1 is 0.667 bits per heavy atom. The SMILES string of the molecule is [C-]#[N+]/C(C#N)=C1\c2cc(C)c(-c3c(F)c(F)c([N+]#[C-])c(F)c3F)cc2-c2cc(-c3c(F)c(F)c(C#N)c(F)c3F)c(OC(F)(F)F)cc21. The van der Waals surface area contributed by atoms with Crippen LogP contribution in [0.3, 0.4) is 0 Å². The summed E-state index contributed by atoms with van der Waals surface area (Å²) in [5, 5.41) is 18.6. The Morgan fingerprint density at radius 2 is 1.15 bits per heavy atom. The lowest BCUT2D eigenvalue weighted by atomic mass is 9.91. The first kappa shape index (κ1) is 33.0. The zero-order valence-corrected chi connectivity index (χ0v) is 23.2. The van der Waals surface area contributed by atoms with Gasteiger partial charge in [0.15, 0.2) is 46.5 Å². The van der Waals surface area contributed by atoms with Gasteiger partial charge in [0.05, 0.1) is 30.3 Å². The van der Waals surface area contributed by atoms with Crippen molar-refractivity contribution in [2.45, 2.75) is 13.3 Å². The maximum atomic E-state index is 15.2. The molecule has 0 heterocycles. The van der Waals surface area contributed by atoms with Gasteiger partial charge in [-0.05, 0) is 58.5 Å². The molecule has 0 saturated heterocycles. The van der Waals surface area contributed by atoms with Crippen molar-refractivity contribution in [2.75, 3.05) is 0 Å². The third-order valence-electron chi connectivity index (χ3n) is 7.26. The van der Waals surface area contributed by atoms with Crippen LogP contribution in [0.1, 0.15) is 22.3 Å². The standard InChI is InChI=1S/C32H7F11N4O/c1-10-4-14-12(5-11(10)21-27(37)29(39)31(47-3)30(40)28(21)38)13-6-16(22-25(35)23(33)17(8-44)24(34)26(22)36)19(48-32(41,42)43)7-15(13)20(14)18(9-45)46-2/h4-7H,1H3/b20-18+. The summed E-state index contributed by atoms with van der Waals surface area (Å²) in [5.41, 5.74) is -11.3. The minimum Gasteiger partial charge on any atom is -0.405 e. The van der Waals surface area contributed by atoms with Crippen LogP contribution in [0.4, 0.5) is 54.0 Å². The van der Waals surface area contributed by atoms with Crippen LogP contribution >= 0.6 is 0 Å². The lowest BCUT2D eigenvalue weighted by molar-refractivity contribution is -0.274. The number of allylic oxidation sites excluding steroid dienone is 1. The Kier molecular flexibility index (Phi) is 7.87. The molecule has 0 radical (unpaired) electrons. The van der Waals surface area contributed by atoms with Gasteiger partial charge in [0.1, 0.15) is 17.4 Å². The molecule has 16 heteroatoms. The van der Waals surface area contributed by atoms with Gasteiger partial charge in [-0.25, -0.2) is 50.1 Å². The molecule has 0 spiro atoms. The number of aryl methyl sites for hydroxylation is 1. The Morgan fingerprint density at radius 3 is 1.60 bits per heavy atom. The van der Waals surface area contributed by atoms with Crippen molar-refractivity contribution in [3.63, 3.8) is 0 Å². The quantitative estimate of drug-likeness (QED) is 0.0830. The van der Waals surface area contributed by atoms with Gasteiger partial charge < -0.3 is 4.74 Å². The van der Waals surface area contributed by atoms with Gasteiger partial charge in [0.2, 0.25) is 0 Å². The van der Waals surface area contributed by atoms with E-state index in [4.69, 9.17) is 18.4 Å². The number of halogens is 11. The van der Waals surface area contributed by atoms with Crippen molar-refractivity contribution < 1.29 is 53.0 Å². The Balaban J connectivity index is 1.97. The lowest BCUT2D eigenvalue weighted by Gasteiger charge is -2.18. The average molecular weight is 672 g/mol. The van der Waals surface area contributed by atoms with Crippen LogP contribution in [0.2, 0.25) is 0 Å². The smallest absolute Gasteiger partial charge is 0.405 e. The molecule has 1 aliphatic carbocycles. The molecule has 0 atom stereocenters. The second kappa shape index (κ2) is 11.4. The Bertz CT molecular complexity index is 2280. The van der Waals surface area contributed by atoms with Gasteiger partial charge in [0.25, 0.3) is 11.4 Å². The predicted octanol–water partition coefficient (Wildman–Crippen LogP) is 9.95. The van der Waals surface area contributed by atoms with Gasteiger partial charge in [-0.2, -0.15) is 5.26 Å². The van der Waals surface area contributed by atoms with E-state index in [1.807, 2.05) is 0 Å². The minimum atomic E-state index is -5.61. The topological polar surface area (TPSA) is 65.5 Å². The van der Waals surface area contributed by atoms with E-state index in [1.54, 1.807) is 0 Å². The molecule has 5 nitrogen and oxygen atoms in total. The molecule has 0 unspecified atom stereocenters. The van der Waals surface area contributed by atoms with E-state index in [2.05, 4.69) is 14.4 Å². The fourth-order valence-electron chi connectivity index (χ4n) is 5.28. The van der Waals surface area contributed by atoms with E-state index in [-0.39, 0.29) is 16.7 Å². The summed E-state index contributed by atoms with van der Waals surface area (Å²) in [5.74, 6) is -18.8. The van der Waals surface area contributed by atoms with Crippen LogP contribution in [0.5, 0.6) is 5.75 Å². The molecule has 48 heavy (non-hydrogen) atoms. The molecule has 238 valence electrons. The molecule has 0 aromatic heterocycles. The number of fused-ring (bicyclic) bond motifs is 3. The number of hydrogen-bond donors (Lipinski definition) is 0. The summed E-state index contributed by atoms with van der Waals surface area (Å²) in [6.45, 7) is 15.4. The zero-order chi connectivity index (χ0) is 35.6. The fraction of sp³-hybridized carbons (Fsp3) is 0.0625. The summed E-state index contributed by atoms with van der Waals surface area (Å²) in [6, 6.07) is 5.19. The Labute approximate surface area is 261 Å². The van der Waals surface area contributed by atoms with Crippen molar-refractivity contribution in [1.82, 2.24) is 0 Å². The first-order valence-corrected chi connectivity index (χ1v) is 12.6. The Hall–Kier alpha value is -6.39. The molecule has 0 bridgehead atoms. The van der Waals surface area contributed by atoms with Crippen LogP contribution in [0, 0.1) is 89.3 Å². The van der Waals surface area contributed by atoms with E-state index >= 15 is 17.6 Å². The van der Waals surface area contributed by atoms with Crippen LogP contribution in [0.15, 0.2) is 30.0 Å². The summed E-state index contributed by atoms with van der Waals surface area (Å²) in [4.78, 5) is 5.46. The zero-order valence-electron chi connectivity index (χ0n) is 23.2. The third-order valence-corrected chi connectivity index (χ3v) is 7.26.